The van der Waals surface area contributed by atoms with E-state index in [0.717, 1.165) is 43.1 Å². The molecule has 0 fully saturated rings. The van der Waals surface area contributed by atoms with Gasteiger partial charge in [0.15, 0.2) is 6.61 Å². The van der Waals surface area contributed by atoms with E-state index in [0.29, 0.717) is 0 Å². The standard InChI is InChI=1S/C13H18N2O2S/c16-13-9-17-12-3-2-10(8-11(12)15-13)4-6-14-5-1-7-18/h2-3,8,14,18H,1,4-7,9H2,(H,15,16). The fourth-order valence-electron chi connectivity index (χ4n) is 1.85. The molecule has 4 nitrogen and oxygen atoms in total. The monoisotopic (exact) mass is 266 g/mol. The van der Waals surface area contributed by atoms with Gasteiger partial charge in [-0.1, -0.05) is 6.07 Å². The maximum Gasteiger partial charge on any atom is 0.262 e. The minimum absolute atomic E-state index is 0.0912. The van der Waals surface area contributed by atoms with Crippen molar-refractivity contribution in [1.82, 2.24) is 5.32 Å². The number of benzene rings is 1. The molecule has 0 saturated heterocycles. The Morgan fingerprint density at radius 3 is 3.11 bits per heavy atom. The summed E-state index contributed by atoms with van der Waals surface area (Å²) in [6.07, 6.45) is 2.02. The minimum Gasteiger partial charge on any atom is -0.482 e. The Hall–Kier alpha value is -1.20. The van der Waals surface area contributed by atoms with Crippen LogP contribution in [0.3, 0.4) is 0 Å². The molecule has 0 aromatic heterocycles. The van der Waals surface area contributed by atoms with Gasteiger partial charge in [0, 0.05) is 0 Å². The summed E-state index contributed by atoms with van der Waals surface area (Å²) >= 11 is 4.16. The van der Waals surface area contributed by atoms with E-state index in [2.05, 4.69) is 23.3 Å². The normalized spacial score (nSPS) is 13.7. The van der Waals surface area contributed by atoms with E-state index in [4.69, 9.17) is 4.74 Å². The Labute approximate surface area is 113 Å². The first kappa shape index (κ1) is 13.2. The number of rotatable bonds is 6. The summed E-state index contributed by atoms with van der Waals surface area (Å²) in [6.45, 7) is 2.04. The molecule has 18 heavy (non-hydrogen) atoms. The lowest BCUT2D eigenvalue weighted by Gasteiger charge is -2.18. The van der Waals surface area contributed by atoms with Crippen LogP contribution in [-0.4, -0.2) is 31.4 Å². The van der Waals surface area contributed by atoms with Crippen LogP contribution in [0.25, 0.3) is 0 Å². The number of anilines is 1. The summed E-state index contributed by atoms with van der Waals surface area (Å²) in [4.78, 5) is 11.2. The highest BCUT2D eigenvalue weighted by molar-refractivity contribution is 7.80. The van der Waals surface area contributed by atoms with Crippen molar-refractivity contribution in [1.29, 1.82) is 0 Å². The Bertz CT molecular complexity index is 423. The van der Waals surface area contributed by atoms with Crippen LogP contribution in [0.5, 0.6) is 5.75 Å². The van der Waals surface area contributed by atoms with Gasteiger partial charge in [0.2, 0.25) is 0 Å². The van der Waals surface area contributed by atoms with Crippen LogP contribution < -0.4 is 15.4 Å². The molecule has 0 radical (unpaired) electrons. The van der Waals surface area contributed by atoms with Crippen molar-refractivity contribution in [3.63, 3.8) is 0 Å². The summed E-state index contributed by atoms with van der Waals surface area (Å²) in [5, 5.41) is 6.17. The van der Waals surface area contributed by atoms with E-state index in [1.165, 1.54) is 5.56 Å². The fourth-order valence-corrected chi connectivity index (χ4v) is 2.01. The Morgan fingerprint density at radius 2 is 2.28 bits per heavy atom. The first-order chi connectivity index (χ1) is 8.79. The molecule has 1 aliphatic heterocycles. The molecule has 1 aliphatic rings. The topological polar surface area (TPSA) is 50.4 Å². The van der Waals surface area contributed by atoms with Crippen molar-refractivity contribution in [2.45, 2.75) is 12.8 Å². The van der Waals surface area contributed by atoms with Crippen LogP contribution in [0.15, 0.2) is 18.2 Å². The molecule has 0 unspecified atom stereocenters. The van der Waals surface area contributed by atoms with Crippen LogP contribution in [0, 0.1) is 0 Å². The van der Waals surface area contributed by atoms with E-state index in [1.807, 2.05) is 18.2 Å². The third kappa shape index (κ3) is 3.65. The highest BCUT2D eigenvalue weighted by Crippen LogP contribution is 2.28. The number of amides is 1. The number of ether oxygens (including phenoxy) is 1. The third-order valence-electron chi connectivity index (χ3n) is 2.78. The lowest BCUT2D eigenvalue weighted by atomic mass is 10.1. The summed E-state index contributed by atoms with van der Waals surface area (Å²) in [5.41, 5.74) is 1.97. The lowest BCUT2D eigenvalue weighted by Crippen LogP contribution is -2.25. The molecule has 0 bridgehead atoms. The molecular weight excluding hydrogens is 248 g/mol. The Morgan fingerprint density at radius 1 is 1.39 bits per heavy atom. The van der Waals surface area contributed by atoms with Crippen LogP contribution in [0.1, 0.15) is 12.0 Å². The lowest BCUT2D eigenvalue weighted by molar-refractivity contribution is -0.118. The van der Waals surface area contributed by atoms with E-state index >= 15 is 0 Å². The molecule has 0 saturated carbocycles. The second kappa shape index (κ2) is 6.66. The number of carbonyl (C=O) groups is 1. The Kier molecular flexibility index (Phi) is 4.90. The highest BCUT2D eigenvalue weighted by atomic mass is 32.1. The fraction of sp³-hybridized carbons (Fsp3) is 0.462. The van der Waals surface area contributed by atoms with Gasteiger partial charge in [-0.05, 0) is 49.4 Å². The molecule has 0 atom stereocenters. The zero-order valence-corrected chi connectivity index (χ0v) is 11.1. The van der Waals surface area contributed by atoms with Gasteiger partial charge in [-0.3, -0.25) is 4.79 Å². The van der Waals surface area contributed by atoms with E-state index in [1.54, 1.807) is 0 Å². The highest BCUT2D eigenvalue weighted by Gasteiger charge is 2.15. The average Bonchev–Trinajstić information content (AvgIpc) is 2.38. The number of nitrogens with one attached hydrogen (secondary N) is 2. The second-order valence-corrected chi connectivity index (χ2v) is 4.69. The van der Waals surface area contributed by atoms with Gasteiger partial charge >= 0.3 is 0 Å². The maximum atomic E-state index is 11.2. The van der Waals surface area contributed by atoms with Gasteiger partial charge in [0.05, 0.1) is 5.69 Å². The maximum absolute atomic E-state index is 11.2. The zero-order chi connectivity index (χ0) is 12.8. The predicted molar refractivity (Wildman–Crippen MR) is 75.6 cm³/mol. The quantitative estimate of drug-likeness (QED) is 0.540. The van der Waals surface area contributed by atoms with E-state index < -0.39 is 0 Å². The SMILES string of the molecule is O=C1COc2ccc(CCNCCCS)cc2N1. The molecule has 2 rings (SSSR count). The number of carbonyl (C=O) groups excluding carboxylic acids is 1. The molecule has 1 aromatic carbocycles. The molecule has 1 amide bonds. The van der Waals surface area contributed by atoms with Gasteiger partial charge in [0.1, 0.15) is 5.75 Å². The Balaban J connectivity index is 1.86. The summed E-state index contributed by atoms with van der Waals surface area (Å²) in [6, 6.07) is 5.93. The van der Waals surface area contributed by atoms with Crippen LogP contribution in [0.4, 0.5) is 5.69 Å². The van der Waals surface area contributed by atoms with Crippen LogP contribution in [0.2, 0.25) is 0 Å². The van der Waals surface area contributed by atoms with Crippen molar-refractivity contribution in [2.24, 2.45) is 0 Å². The molecule has 1 heterocycles. The largest absolute Gasteiger partial charge is 0.482 e. The van der Waals surface area contributed by atoms with E-state index in [9.17, 15) is 4.79 Å². The predicted octanol–water partition coefficient (Wildman–Crippen LogP) is 1.47. The van der Waals surface area contributed by atoms with Crippen molar-refractivity contribution >= 4 is 24.2 Å². The number of hydrogen-bond acceptors (Lipinski definition) is 4. The van der Waals surface area contributed by atoms with Gasteiger partial charge < -0.3 is 15.4 Å². The van der Waals surface area contributed by atoms with Crippen molar-refractivity contribution in [2.75, 3.05) is 30.8 Å². The van der Waals surface area contributed by atoms with Gasteiger partial charge in [0.25, 0.3) is 5.91 Å². The third-order valence-corrected chi connectivity index (χ3v) is 3.10. The van der Waals surface area contributed by atoms with Crippen LogP contribution in [-0.2, 0) is 11.2 Å². The molecule has 1 aromatic rings. The molecule has 0 spiro atoms. The van der Waals surface area contributed by atoms with E-state index in [-0.39, 0.29) is 12.5 Å². The van der Waals surface area contributed by atoms with Crippen molar-refractivity contribution in [3.05, 3.63) is 23.8 Å². The van der Waals surface area contributed by atoms with Gasteiger partial charge in [-0.25, -0.2) is 0 Å². The molecule has 98 valence electrons. The minimum atomic E-state index is -0.0912. The average molecular weight is 266 g/mol. The number of thiol groups is 1. The van der Waals surface area contributed by atoms with Crippen molar-refractivity contribution in [3.8, 4) is 5.75 Å². The first-order valence-corrected chi connectivity index (χ1v) is 6.80. The summed E-state index contributed by atoms with van der Waals surface area (Å²) < 4.78 is 5.31. The second-order valence-electron chi connectivity index (χ2n) is 4.24. The van der Waals surface area contributed by atoms with Crippen LogP contribution >= 0.6 is 12.6 Å². The summed E-state index contributed by atoms with van der Waals surface area (Å²) in [7, 11) is 0. The van der Waals surface area contributed by atoms with Gasteiger partial charge in [-0.2, -0.15) is 12.6 Å². The smallest absolute Gasteiger partial charge is 0.262 e. The van der Waals surface area contributed by atoms with Gasteiger partial charge in [-0.15, -0.1) is 0 Å². The number of hydrogen-bond donors (Lipinski definition) is 3. The first-order valence-electron chi connectivity index (χ1n) is 6.17. The van der Waals surface area contributed by atoms with Crippen molar-refractivity contribution < 1.29 is 9.53 Å². The number of fused-ring (bicyclic) bond motifs is 1. The summed E-state index contributed by atoms with van der Waals surface area (Å²) in [5.74, 6) is 1.57. The molecule has 5 heteroatoms. The zero-order valence-electron chi connectivity index (χ0n) is 10.2. The molecule has 0 aliphatic carbocycles. The molecular formula is C13H18N2O2S. The molecule has 2 N–H and O–H groups in total.